The van der Waals surface area contributed by atoms with E-state index in [1.54, 1.807) is 6.07 Å². The van der Waals surface area contributed by atoms with E-state index in [0.717, 1.165) is 21.8 Å². The van der Waals surface area contributed by atoms with Crippen LogP contribution in [0.4, 0.5) is 8.78 Å². The third kappa shape index (κ3) is 3.66. The van der Waals surface area contributed by atoms with E-state index >= 15 is 0 Å². The summed E-state index contributed by atoms with van der Waals surface area (Å²) in [6, 6.07) is 7.70. The first-order valence-corrected chi connectivity index (χ1v) is 6.64. The van der Waals surface area contributed by atoms with E-state index in [9.17, 15) is 13.6 Å². The molecule has 2 aromatic rings. The normalized spacial score (nSPS) is 10.3. The van der Waals surface area contributed by atoms with Gasteiger partial charge in [-0.3, -0.25) is 0 Å². The van der Waals surface area contributed by atoms with Crippen molar-refractivity contribution >= 4 is 28.6 Å². The molecule has 2 rings (SSSR count). The molecule has 3 nitrogen and oxygen atoms in total. The lowest BCUT2D eigenvalue weighted by Crippen LogP contribution is -2.04. The number of carboxylic acids is 1. The molecule has 2 aromatic carbocycles. The Balaban J connectivity index is 2.20. The SMILES string of the molecule is O=C(O)c1cc(I)ccc1OCc1cc(F)cc(F)c1. The summed E-state index contributed by atoms with van der Waals surface area (Å²) >= 11 is 1.99. The summed E-state index contributed by atoms with van der Waals surface area (Å²) in [5.74, 6) is -2.37. The highest BCUT2D eigenvalue weighted by Gasteiger charge is 2.12. The Morgan fingerprint density at radius 2 is 1.80 bits per heavy atom. The monoisotopic (exact) mass is 390 g/mol. The summed E-state index contributed by atoms with van der Waals surface area (Å²) in [6.07, 6.45) is 0. The van der Waals surface area contributed by atoms with Crippen LogP contribution < -0.4 is 4.74 Å². The van der Waals surface area contributed by atoms with Gasteiger partial charge in [0.2, 0.25) is 0 Å². The molecule has 104 valence electrons. The van der Waals surface area contributed by atoms with Gasteiger partial charge in [-0.2, -0.15) is 0 Å². The predicted octanol–water partition coefficient (Wildman–Crippen LogP) is 3.85. The van der Waals surface area contributed by atoms with Crippen molar-refractivity contribution in [2.75, 3.05) is 0 Å². The summed E-state index contributed by atoms with van der Waals surface area (Å²) in [4.78, 5) is 11.1. The molecule has 0 radical (unpaired) electrons. The average molecular weight is 390 g/mol. The quantitative estimate of drug-likeness (QED) is 0.808. The van der Waals surface area contributed by atoms with Crippen molar-refractivity contribution in [3.63, 3.8) is 0 Å². The second-order valence-electron chi connectivity index (χ2n) is 4.01. The van der Waals surface area contributed by atoms with Gasteiger partial charge in [0.15, 0.2) is 0 Å². The minimum atomic E-state index is -1.12. The fourth-order valence-corrected chi connectivity index (χ4v) is 2.14. The zero-order chi connectivity index (χ0) is 14.7. The van der Waals surface area contributed by atoms with Crippen LogP contribution in [-0.4, -0.2) is 11.1 Å². The third-order valence-electron chi connectivity index (χ3n) is 2.49. The first kappa shape index (κ1) is 14.7. The van der Waals surface area contributed by atoms with Crippen LogP contribution in [0.5, 0.6) is 5.75 Å². The number of halogens is 3. The molecule has 0 atom stereocenters. The highest BCUT2D eigenvalue weighted by Crippen LogP contribution is 2.22. The van der Waals surface area contributed by atoms with E-state index in [0.29, 0.717) is 0 Å². The van der Waals surface area contributed by atoms with E-state index in [-0.39, 0.29) is 23.5 Å². The van der Waals surface area contributed by atoms with E-state index < -0.39 is 17.6 Å². The van der Waals surface area contributed by atoms with Gasteiger partial charge in [0.1, 0.15) is 29.6 Å². The maximum atomic E-state index is 13.0. The number of ether oxygens (including phenoxy) is 1. The maximum absolute atomic E-state index is 13.0. The molecule has 0 spiro atoms. The van der Waals surface area contributed by atoms with Gasteiger partial charge < -0.3 is 9.84 Å². The number of hydrogen-bond acceptors (Lipinski definition) is 2. The maximum Gasteiger partial charge on any atom is 0.339 e. The highest BCUT2D eigenvalue weighted by atomic mass is 127. The van der Waals surface area contributed by atoms with Crippen molar-refractivity contribution in [1.29, 1.82) is 0 Å². The number of rotatable bonds is 4. The fourth-order valence-electron chi connectivity index (χ4n) is 1.65. The molecule has 0 amide bonds. The zero-order valence-corrected chi connectivity index (χ0v) is 12.2. The van der Waals surface area contributed by atoms with E-state index in [1.165, 1.54) is 12.1 Å². The molecule has 6 heteroatoms. The number of aromatic carboxylic acids is 1. The summed E-state index contributed by atoms with van der Waals surface area (Å²) in [5.41, 5.74) is 0.297. The van der Waals surface area contributed by atoms with Gasteiger partial charge in [-0.05, 0) is 58.5 Å². The number of benzene rings is 2. The van der Waals surface area contributed by atoms with Crippen LogP contribution in [-0.2, 0) is 6.61 Å². The van der Waals surface area contributed by atoms with Gasteiger partial charge in [-0.25, -0.2) is 13.6 Å². The van der Waals surface area contributed by atoms with Gasteiger partial charge in [-0.15, -0.1) is 0 Å². The summed E-state index contributed by atoms with van der Waals surface area (Å²) in [7, 11) is 0. The highest BCUT2D eigenvalue weighted by molar-refractivity contribution is 14.1. The van der Waals surface area contributed by atoms with Crippen LogP contribution in [0.25, 0.3) is 0 Å². The van der Waals surface area contributed by atoms with Gasteiger partial charge >= 0.3 is 5.97 Å². The van der Waals surface area contributed by atoms with Crippen molar-refractivity contribution in [3.05, 3.63) is 62.7 Å². The van der Waals surface area contributed by atoms with Crippen LogP contribution in [0.2, 0.25) is 0 Å². The van der Waals surface area contributed by atoms with Crippen LogP contribution in [0.1, 0.15) is 15.9 Å². The van der Waals surface area contributed by atoms with Crippen LogP contribution in [0.3, 0.4) is 0 Å². The van der Waals surface area contributed by atoms with Crippen LogP contribution in [0, 0.1) is 15.2 Å². The summed E-state index contributed by atoms with van der Waals surface area (Å²) in [5, 5.41) is 9.07. The predicted molar refractivity (Wildman–Crippen MR) is 76.8 cm³/mol. The molecule has 0 aliphatic rings. The molecule has 0 aromatic heterocycles. The topological polar surface area (TPSA) is 46.5 Å². The van der Waals surface area contributed by atoms with E-state index in [1.807, 2.05) is 22.6 Å². The Hall–Kier alpha value is -1.70. The fraction of sp³-hybridized carbons (Fsp3) is 0.0714. The lowest BCUT2D eigenvalue weighted by Gasteiger charge is -2.10. The summed E-state index contributed by atoms with van der Waals surface area (Å²) in [6.45, 7) is -0.116. The first-order valence-electron chi connectivity index (χ1n) is 5.56. The lowest BCUT2D eigenvalue weighted by molar-refractivity contribution is 0.0691. The summed E-state index contributed by atoms with van der Waals surface area (Å²) < 4.78 is 32.1. The van der Waals surface area contributed by atoms with Gasteiger partial charge in [0, 0.05) is 9.64 Å². The molecule has 20 heavy (non-hydrogen) atoms. The molecule has 0 unspecified atom stereocenters. The van der Waals surface area contributed by atoms with E-state index in [2.05, 4.69) is 0 Å². The van der Waals surface area contributed by atoms with Crippen LogP contribution >= 0.6 is 22.6 Å². The Labute approximate surface area is 127 Å². The minimum absolute atomic E-state index is 0.00813. The van der Waals surface area contributed by atoms with Crippen molar-refractivity contribution < 1.29 is 23.4 Å². The number of hydrogen-bond donors (Lipinski definition) is 1. The van der Waals surface area contributed by atoms with Crippen molar-refractivity contribution in [2.45, 2.75) is 6.61 Å². The Kier molecular flexibility index (Phi) is 4.53. The van der Waals surface area contributed by atoms with Gasteiger partial charge in [-0.1, -0.05) is 0 Å². The molecular weight excluding hydrogens is 381 g/mol. The third-order valence-corrected chi connectivity index (χ3v) is 3.16. The molecule has 0 aliphatic carbocycles. The Morgan fingerprint density at radius 3 is 2.40 bits per heavy atom. The lowest BCUT2D eigenvalue weighted by atomic mass is 10.2. The Morgan fingerprint density at radius 1 is 1.15 bits per heavy atom. The second-order valence-corrected chi connectivity index (χ2v) is 5.26. The molecule has 0 aliphatic heterocycles. The molecule has 0 fully saturated rings. The molecule has 0 saturated carbocycles. The molecule has 1 N–H and O–H groups in total. The van der Waals surface area contributed by atoms with Gasteiger partial charge in [0.25, 0.3) is 0 Å². The number of carboxylic acid groups (broad SMARTS) is 1. The molecule has 0 heterocycles. The standard InChI is InChI=1S/C14H9F2IO3/c15-9-3-8(4-10(16)5-9)7-20-13-2-1-11(17)6-12(13)14(18)19/h1-6H,7H2,(H,18,19). The average Bonchev–Trinajstić information content (AvgIpc) is 2.36. The van der Waals surface area contributed by atoms with Crippen molar-refractivity contribution in [2.24, 2.45) is 0 Å². The smallest absolute Gasteiger partial charge is 0.339 e. The van der Waals surface area contributed by atoms with Crippen molar-refractivity contribution in [3.8, 4) is 5.75 Å². The first-order chi connectivity index (χ1) is 9.45. The Bertz CT molecular complexity index is 639. The molecule has 0 saturated heterocycles. The van der Waals surface area contributed by atoms with E-state index in [4.69, 9.17) is 9.84 Å². The minimum Gasteiger partial charge on any atom is -0.488 e. The van der Waals surface area contributed by atoms with Gasteiger partial charge in [0.05, 0.1) is 0 Å². The second kappa shape index (κ2) is 6.17. The van der Waals surface area contributed by atoms with Crippen LogP contribution in [0.15, 0.2) is 36.4 Å². The molecule has 0 bridgehead atoms. The number of carbonyl (C=O) groups is 1. The van der Waals surface area contributed by atoms with Crippen molar-refractivity contribution in [1.82, 2.24) is 0 Å². The molecular formula is C14H9F2IO3. The largest absolute Gasteiger partial charge is 0.488 e. The zero-order valence-electron chi connectivity index (χ0n) is 10.1.